The van der Waals surface area contributed by atoms with Crippen LogP contribution >= 0.6 is 0 Å². The van der Waals surface area contributed by atoms with E-state index in [0.717, 1.165) is 22.9 Å². The Morgan fingerprint density at radius 1 is 1.06 bits per heavy atom. The number of nitrogens with one attached hydrogen (secondary N) is 2. The van der Waals surface area contributed by atoms with Gasteiger partial charge < -0.3 is 20.3 Å². The lowest BCUT2D eigenvalue weighted by Gasteiger charge is -2.29. The Bertz CT molecular complexity index is 944. The summed E-state index contributed by atoms with van der Waals surface area (Å²) in [7, 11) is 0. The molecule has 0 aromatic heterocycles. The number of ether oxygens (including phenoxy) is 1. The van der Waals surface area contributed by atoms with Gasteiger partial charge in [-0.25, -0.2) is 0 Å². The second-order valence-corrected chi connectivity index (χ2v) is 8.19. The van der Waals surface area contributed by atoms with Crippen molar-refractivity contribution in [2.45, 2.75) is 39.8 Å². The predicted octanol–water partition coefficient (Wildman–Crippen LogP) is 2.57. The minimum atomic E-state index is -4.92. The number of benzene rings is 1. The van der Waals surface area contributed by atoms with Crippen LogP contribution in [-0.4, -0.2) is 60.9 Å². The monoisotopic (exact) mass is 483 g/mol. The van der Waals surface area contributed by atoms with Gasteiger partial charge in [0, 0.05) is 31.1 Å². The molecule has 0 aliphatic carbocycles. The Kier molecular flexibility index (Phi) is 9.22. The normalized spacial score (nSPS) is 14.7. The molecule has 1 fully saturated rings. The first-order valence-corrected chi connectivity index (χ1v) is 10.7. The third kappa shape index (κ3) is 8.20. The van der Waals surface area contributed by atoms with Gasteiger partial charge in [0.2, 0.25) is 5.91 Å². The maximum atomic E-state index is 12.2. The first-order valence-electron chi connectivity index (χ1n) is 10.7. The molecule has 1 aromatic carbocycles. The standard InChI is InChI=1S/C23H28F3N3O5/c1-14-10-15(2)21(16(3)11-14)28-19(31)12-27-20(32)13-34-22(33)17-4-7-29(8-5-17)9-6-18(30)23(24,25)26/h6,9-11,17H,4-5,7-8,12-13H2,1-3H3,(H,27,32)(H,28,31). The largest absolute Gasteiger partial charge is 0.455 e. The molecule has 1 saturated heterocycles. The molecule has 186 valence electrons. The van der Waals surface area contributed by atoms with E-state index < -0.39 is 42.3 Å². The number of likely N-dealkylation sites (tertiary alicyclic amines) is 1. The molecule has 0 bridgehead atoms. The number of esters is 1. The second kappa shape index (κ2) is 11.7. The van der Waals surface area contributed by atoms with E-state index in [4.69, 9.17) is 4.74 Å². The molecule has 0 unspecified atom stereocenters. The predicted molar refractivity (Wildman–Crippen MR) is 118 cm³/mol. The Labute approximate surface area is 195 Å². The molecule has 8 nitrogen and oxygen atoms in total. The van der Waals surface area contributed by atoms with Crippen molar-refractivity contribution in [1.29, 1.82) is 0 Å². The zero-order valence-corrected chi connectivity index (χ0v) is 19.3. The van der Waals surface area contributed by atoms with Crippen molar-refractivity contribution in [2.24, 2.45) is 5.92 Å². The minimum absolute atomic E-state index is 0.269. The summed E-state index contributed by atoms with van der Waals surface area (Å²) in [6.45, 7) is 5.40. The minimum Gasteiger partial charge on any atom is -0.455 e. The van der Waals surface area contributed by atoms with Crippen molar-refractivity contribution in [3.63, 3.8) is 0 Å². The lowest BCUT2D eigenvalue weighted by Crippen LogP contribution is -2.38. The second-order valence-electron chi connectivity index (χ2n) is 8.19. The van der Waals surface area contributed by atoms with E-state index in [1.54, 1.807) is 0 Å². The molecular formula is C23H28F3N3O5. The molecule has 2 rings (SSSR count). The van der Waals surface area contributed by atoms with E-state index in [1.807, 2.05) is 32.9 Å². The molecular weight excluding hydrogens is 455 g/mol. The number of carbonyl (C=O) groups is 4. The number of anilines is 1. The zero-order chi connectivity index (χ0) is 25.5. The number of alkyl halides is 3. The van der Waals surface area contributed by atoms with Gasteiger partial charge in [-0.05, 0) is 44.7 Å². The van der Waals surface area contributed by atoms with Crippen LogP contribution in [0.1, 0.15) is 29.5 Å². The maximum Gasteiger partial charge on any atom is 0.454 e. The summed E-state index contributed by atoms with van der Waals surface area (Å²) in [5.74, 6) is -4.10. The van der Waals surface area contributed by atoms with Crippen LogP contribution in [0.25, 0.3) is 0 Å². The number of nitrogens with zero attached hydrogens (tertiary/aromatic N) is 1. The average molecular weight is 483 g/mol. The number of rotatable bonds is 8. The number of amides is 2. The number of ketones is 1. The summed E-state index contributed by atoms with van der Waals surface area (Å²) in [6, 6.07) is 3.87. The van der Waals surface area contributed by atoms with Gasteiger partial charge in [0.15, 0.2) is 6.61 Å². The van der Waals surface area contributed by atoms with Crippen LogP contribution in [0.2, 0.25) is 0 Å². The van der Waals surface area contributed by atoms with Crippen molar-refractivity contribution in [3.8, 4) is 0 Å². The van der Waals surface area contributed by atoms with Gasteiger partial charge in [0.1, 0.15) is 0 Å². The van der Waals surface area contributed by atoms with Crippen molar-refractivity contribution >= 4 is 29.3 Å². The molecule has 2 amide bonds. The highest BCUT2D eigenvalue weighted by molar-refractivity contribution is 5.96. The molecule has 2 N–H and O–H groups in total. The van der Waals surface area contributed by atoms with E-state index in [2.05, 4.69) is 10.6 Å². The molecule has 1 aromatic rings. The Morgan fingerprint density at radius 3 is 2.21 bits per heavy atom. The van der Waals surface area contributed by atoms with Gasteiger partial charge in [0.25, 0.3) is 11.7 Å². The molecule has 0 radical (unpaired) electrons. The van der Waals surface area contributed by atoms with Gasteiger partial charge in [-0.1, -0.05) is 17.7 Å². The number of halogens is 3. The van der Waals surface area contributed by atoms with Gasteiger partial charge in [-0.3, -0.25) is 19.2 Å². The van der Waals surface area contributed by atoms with Crippen LogP contribution in [0.3, 0.4) is 0 Å². The lowest BCUT2D eigenvalue weighted by atomic mass is 9.97. The lowest BCUT2D eigenvalue weighted by molar-refractivity contribution is -0.165. The molecule has 1 heterocycles. The van der Waals surface area contributed by atoms with Crippen molar-refractivity contribution in [2.75, 3.05) is 31.6 Å². The van der Waals surface area contributed by atoms with Crippen molar-refractivity contribution in [3.05, 3.63) is 41.1 Å². The molecule has 0 spiro atoms. The quantitative estimate of drug-likeness (QED) is 0.435. The summed E-state index contributed by atoms with van der Waals surface area (Å²) in [5.41, 5.74) is 3.56. The molecule has 1 aliphatic rings. The number of allylic oxidation sites excluding steroid dienone is 1. The third-order valence-corrected chi connectivity index (χ3v) is 5.31. The van der Waals surface area contributed by atoms with Crippen molar-refractivity contribution < 1.29 is 37.1 Å². The highest BCUT2D eigenvalue weighted by Gasteiger charge is 2.36. The number of hydrogen-bond acceptors (Lipinski definition) is 6. The zero-order valence-electron chi connectivity index (χ0n) is 19.3. The highest BCUT2D eigenvalue weighted by Crippen LogP contribution is 2.22. The Hall–Kier alpha value is -3.37. The first kappa shape index (κ1) is 26.9. The summed E-state index contributed by atoms with van der Waals surface area (Å²) < 4.78 is 41.7. The number of aryl methyl sites for hydroxylation is 3. The number of carbonyl (C=O) groups excluding carboxylic acids is 4. The molecule has 11 heteroatoms. The summed E-state index contributed by atoms with van der Waals surface area (Å²) >= 11 is 0. The van der Waals surface area contributed by atoms with Gasteiger partial charge >= 0.3 is 12.1 Å². The fourth-order valence-electron chi connectivity index (χ4n) is 3.60. The van der Waals surface area contributed by atoms with E-state index in [-0.39, 0.29) is 19.6 Å². The van der Waals surface area contributed by atoms with Crippen LogP contribution < -0.4 is 10.6 Å². The van der Waals surface area contributed by atoms with Crippen LogP contribution in [0.5, 0.6) is 0 Å². The Morgan fingerprint density at radius 2 is 1.65 bits per heavy atom. The average Bonchev–Trinajstić information content (AvgIpc) is 2.76. The summed E-state index contributed by atoms with van der Waals surface area (Å²) in [5, 5.41) is 5.14. The summed E-state index contributed by atoms with van der Waals surface area (Å²) in [4.78, 5) is 48.6. The van der Waals surface area contributed by atoms with Crippen LogP contribution in [0.4, 0.5) is 18.9 Å². The molecule has 0 saturated carbocycles. The third-order valence-electron chi connectivity index (χ3n) is 5.31. The van der Waals surface area contributed by atoms with E-state index in [1.165, 1.54) is 4.90 Å². The van der Waals surface area contributed by atoms with E-state index >= 15 is 0 Å². The SMILES string of the molecule is Cc1cc(C)c(NC(=O)CNC(=O)COC(=O)C2CCN(C=CC(=O)C(F)(F)F)CC2)c(C)c1. The summed E-state index contributed by atoms with van der Waals surface area (Å²) in [6.07, 6.45) is -2.78. The molecule has 1 aliphatic heterocycles. The maximum absolute atomic E-state index is 12.2. The number of hydrogen-bond donors (Lipinski definition) is 2. The van der Waals surface area contributed by atoms with Gasteiger partial charge in [-0.15, -0.1) is 0 Å². The van der Waals surface area contributed by atoms with E-state index in [9.17, 15) is 32.3 Å². The van der Waals surface area contributed by atoms with E-state index in [0.29, 0.717) is 24.6 Å². The Balaban J connectivity index is 1.69. The fourth-order valence-corrected chi connectivity index (χ4v) is 3.60. The van der Waals surface area contributed by atoms with Crippen LogP contribution in [-0.2, 0) is 23.9 Å². The fraction of sp³-hybridized carbons (Fsp3) is 0.478. The smallest absolute Gasteiger partial charge is 0.454 e. The van der Waals surface area contributed by atoms with Gasteiger partial charge in [0.05, 0.1) is 12.5 Å². The number of piperidine rings is 1. The van der Waals surface area contributed by atoms with Crippen molar-refractivity contribution in [1.82, 2.24) is 10.2 Å². The molecule has 34 heavy (non-hydrogen) atoms. The van der Waals surface area contributed by atoms with Gasteiger partial charge in [-0.2, -0.15) is 13.2 Å². The highest BCUT2D eigenvalue weighted by atomic mass is 19.4. The van der Waals surface area contributed by atoms with Crippen LogP contribution in [0, 0.1) is 26.7 Å². The first-order chi connectivity index (χ1) is 15.9. The molecule has 0 atom stereocenters. The topological polar surface area (TPSA) is 105 Å². The van der Waals surface area contributed by atoms with Crippen LogP contribution in [0.15, 0.2) is 24.4 Å².